The minimum absolute atomic E-state index is 0. The van der Waals surface area contributed by atoms with E-state index in [2.05, 4.69) is 4.18 Å². The first-order valence-corrected chi connectivity index (χ1v) is 1.91. The van der Waals surface area contributed by atoms with Gasteiger partial charge in [-0.3, -0.25) is 0 Å². The summed E-state index contributed by atoms with van der Waals surface area (Å²) in [6, 6.07) is 0. The Balaban J connectivity index is 0. The third-order valence-corrected chi connectivity index (χ3v) is 0.408. The summed E-state index contributed by atoms with van der Waals surface area (Å²) < 4.78 is 22.0. The van der Waals surface area contributed by atoms with Crippen LogP contribution in [0.15, 0.2) is 0 Å². The van der Waals surface area contributed by atoms with E-state index in [9.17, 15) is 0 Å². The Morgan fingerprint density at radius 1 is 1.83 bits per heavy atom. The fourth-order valence-corrected chi connectivity index (χ4v) is 0. The Hall–Kier alpha value is 0.758. The van der Waals surface area contributed by atoms with Gasteiger partial charge in [0.2, 0.25) is 0 Å². The van der Waals surface area contributed by atoms with Crippen LogP contribution in [0.2, 0.25) is 0 Å². The monoisotopic (exact) mass is 279 g/mol. The van der Waals surface area contributed by atoms with E-state index in [1.165, 1.54) is 0 Å². The largest absolute Gasteiger partial charge is 0.750 e. The number of hydrogen-bond donors (Lipinski definition) is 0. The van der Waals surface area contributed by atoms with Crippen LogP contribution < -0.4 is 0 Å². The summed E-state index contributed by atoms with van der Waals surface area (Å²) >= 11 is -2.32. The average Bonchev–Trinajstić information content (AvgIpc) is 1.38. The molecule has 0 radical (unpaired) electrons. The van der Waals surface area contributed by atoms with E-state index < -0.39 is 11.4 Å². The maximum Gasteiger partial charge on any atom is 0.0839 e. The molecule has 0 saturated heterocycles. The van der Waals surface area contributed by atoms with Crippen molar-refractivity contribution in [2.24, 2.45) is 0 Å². The molecule has 38 valence electrons. The molecular weight excluding hydrogens is 276 g/mol. The molecule has 0 aliphatic heterocycles. The van der Waals surface area contributed by atoms with Gasteiger partial charge in [0.15, 0.2) is 0 Å². The number of hydrogen-bond acceptors (Lipinski definition) is 3. The quantitative estimate of drug-likeness (QED) is 0.604. The van der Waals surface area contributed by atoms with Gasteiger partial charge in [-0.05, 0) is 0 Å². The molecule has 0 aromatic heterocycles. The zero-order chi connectivity index (χ0) is 4.28. The Labute approximate surface area is 52.8 Å². The van der Waals surface area contributed by atoms with Crippen molar-refractivity contribution in [1.82, 2.24) is 0 Å². The predicted molar refractivity (Wildman–Crippen MR) is 15.9 cm³/mol. The van der Waals surface area contributed by atoms with Crippen molar-refractivity contribution in [3.63, 3.8) is 0 Å². The summed E-state index contributed by atoms with van der Waals surface area (Å²) in [5.41, 5.74) is 0. The molecule has 0 heterocycles. The fraction of sp³-hybridized carbons (Fsp3) is 1.00. The van der Waals surface area contributed by atoms with Crippen molar-refractivity contribution in [3.05, 3.63) is 0 Å². The molecule has 0 bridgehead atoms. The molecule has 3 nitrogen and oxygen atoms in total. The summed E-state index contributed by atoms with van der Waals surface area (Å²) in [5.74, 6) is 0. The second-order valence-electron chi connectivity index (χ2n) is 0.371. The summed E-state index contributed by atoms with van der Waals surface area (Å²) in [4.78, 5) is 0. The first-order valence-electron chi connectivity index (χ1n) is 0.908. The normalized spacial score (nSPS) is 12.3. The fourth-order valence-electron chi connectivity index (χ4n) is 0. The van der Waals surface area contributed by atoms with Gasteiger partial charge in [0, 0.05) is 21.1 Å². The third kappa shape index (κ3) is 8.83. The van der Waals surface area contributed by atoms with Crippen LogP contribution in [0.25, 0.3) is 0 Å². The van der Waals surface area contributed by atoms with Gasteiger partial charge in [0.1, 0.15) is 0 Å². The molecule has 0 aromatic carbocycles. The van der Waals surface area contributed by atoms with Gasteiger partial charge in [0.25, 0.3) is 0 Å². The van der Waals surface area contributed by atoms with Crippen LogP contribution in [0.1, 0.15) is 0 Å². The van der Waals surface area contributed by atoms with Gasteiger partial charge in [0.05, 0.1) is 18.5 Å². The zero-order valence-electron chi connectivity index (χ0n) is 3.04. The minimum atomic E-state index is -2.32. The molecular formula is CH3O3SW-. The van der Waals surface area contributed by atoms with Crippen LogP contribution in [0, 0.1) is 0 Å². The second kappa shape index (κ2) is 5.76. The molecule has 5 heteroatoms. The van der Waals surface area contributed by atoms with Gasteiger partial charge in [-0.15, -0.1) is 0 Å². The molecule has 0 spiro atoms. The van der Waals surface area contributed by atoms with Crippen molar-refractivity contribution in [1.29, 1.82) is 0 Å². The zero-order valence-corrected chi connectivity index (χ0v) is 6.79. The molecule has 0 aliphatic rings. The van der Waals surface area contributed by atoms with Gasteiger partial charge in [-0.1, -0.05) is 0 Å². The first kappa shape index (κ1) is 9.90. The molecule has 0 amide bonds. The van der Waals surface area contributed by atoms with Crippen LogP contribution in [-0.2, 0) is 36.6 Å². The van der Waals surface area contributed by atoms with Crippen LogP contribution in [-0.4, -0.2) is 15.9 Å². The molecule has 1 atom stereocenters. The predicted octanol–water partition coefficient (Wildman–Crippen LogP) is -0.576. The van der Waals surface area contributed by atoms with Crippen LogP contribution in [0.4, 0.5) is 0 Å². The molecule has 6 heavy (non-hydrogen) atoms. The topological polar surface area (TPSA) is 49.4 Å². The Bertz CT molecular complexity index is 46.1. The third-order valence-electron chi connectivity index (χ3n) is 0.136. The van der Waals surface area contributed by atoms with Gasteiger partial charge in [-0.25, -0.2) is 4.21 Å². The second-order valence-corrected chi connectivity index (χ2v) is 1.11. The van der Waals surface area contributed by atoms with E-state index in [-0.39, 0.29) is 21.1 Å². The van der Waals surface area contributed by atoms with E-state index in [0.717, 1.165) is 7.11 Å². The van der Waals surface area contributed by atoms with E-state index in [1.807, 2.05) is 0 Å². The van der Waals surface area contributed by atoms with Crippen molar-refractivity contribution < 1.29 is 34.0 Å². The van der Waals surface area contributed by atoms with E-state index in [1.54, 1.807) is 0 Å². The average molecular weight is 279 g/mol. The van der Waals surface area contributed by atoms with Gasteiger partial charge < -0.3 is 8.74 Å². The summed E-state index contributed by atoms with van der Waals surface area (Å²) in [7, 11) is 1.09. The van der Waals surface area contributed by atoms with Crippen molar-refractivity contribution in [3.8, 4) is 0 Å². The maximum absolute atomic E-state index is 9.15. The molecule has 0 aromatic rings. The summed E-state index contributed by atoms with van der Waals surface area (Å²) in [5, 5.41) is 0. The molecule has 0 aliphatic carbocycles. The van der Waals surface area contributed by atoms with Crippen molar-refractivity contribution >= 4 is 11.4 Å². The standard InChI is InChI=1S/CH4O3S.W/c1-4-5(2)3;/h1H3,(H,2,3);/p-1. The summed E-state index contributed by atoms with van der Waals surface area (Å²) in [6.45, 7) is 0. The molecule has 1 unspecified atom stereocenters. The van der Waals surface area contributed by atoms with Crippen molar-refractivity contribution in [2.45, 2.75) is 0 Å². The molecule has 0 fully saturated rings. The first-order chi connectivity index (χ1) is 2.27. The van der Waals surface area contributed by atoms with E-state index in [4.69, 9.17) is 8.76 Å². The number of rotatable bonds is 1. The Morgan fingerprint density at radius 2 is 2.00 bits per heavy atom. The van der Waals surface area contributed by atoms with E-state index >= 15 is 0 Å². The van der Waals surface area contributed by atoms with Crippen molar-refractivity contribution in [2.75, 3.05) is 7.11 Å². The minimum Gasteiger partial charge on any atom is -0.750 e. The van der Waals surface area contributed by atoms with Gasteiger partial charge in [-0.2, -0.15) is 0 Å². The molecule has 0 saturated carbocycles. The van der Waals surface area contributed by atoms with Crippen LogP contribution in [0.5, 0.6) is 0 Å². The Morgan fingerprint density at radius 3 is 2.00 bits per heavy atom. The summed E-state index contributed by atoms with van der Waals surface area (Å²) in [6.07, 6.45) is 0. The van der Waals surface area contributed by atoms with Crippen LogP contribution in [0.3, 0.4) is 0 Å². The van der Waals surface area contributed by atoms with Gasteiger partial charge >= 0.3 is 0 Å². The molecule has 0 N–H and O–H groups in total. The smallest absolute Gasteiger partial charge is 0.0839 e. The van der Waals surface area contributed by atoms with Crippen LogP contribution >= 0.6 is 0 Å². The maximum atomic E-state index is 9.15. The Kier molecular flexibility index (Phi) is 9.50. The SMILES string of the molecule is COS(=O)[O-].[W]. The van der Waals surface area contributed by atoms with E-state index in [0.29, 0.717) is 0 Å². The molecule has 0 rings (SSSR count).